The van der Waals surface area contributed by atoms with Gasteiger partial charge in [-0.1, -0.05) is 25.1 Å². The smallest absolute Gasteiger partial charge is 0.239 e. The van der Waals surface area contributed by atoms with E-state index in [2.05, 4.69) is 5.32 Å². The van der Waals surface area contributed by atoms with Crippen LogP contribution in [-0.4, -0.2) is 36.2 Å². The van der Waals surface area contributed by atoms with Crippen molar-refractivity contribution in [2.24, 2.45) is 0 Å². The second kappa shape index (κ2) is 6.57. The second-order valence-corrected chi connectivity index (χ2v) is 5.05. The van der Waals surface area contributed by atoms with E-state index in [4.69, 9.17) is 0 Å². The molecule has 1 aliphatic rings. The molecule has 1 amide bonds. The number of nitrogens with zero attached hydrogens (tertiary/aromatic N) is 1. The molecule has 1 unspecified atom stereocenters. The van der Waals surface area contributed by atoms with Gasteiger partial charge in [0.2, 0.25) is 5.91 Å². The minimum atomic E-state index is -0.0210. The number of nitrogens with one attached hydrogen (secondary N) is 1. The molecular weight excluding hydrogens is 240 g/mol. The van der Waals surface area contributed by atoms with Gasteiger partial charge in [0.05, 0.1) is 19.2 Å². The maximum Gasteiger partial charge on any atom is 0.239 e. The predicted octanol–water partition coefficient (Wildman–Crippen LogP) is 1.54. The van der Waals surface area contributed by atoms with Gasteiger partial charge in [-0.3, -0.25) is 4.79 Å². The lowest BCUT2D eigenvalue weighted by atomic mass is 10.1. The Morgan fingerprint density at radius 3 is 2.63 bits per heavy atom. The maximum absolute atomic E-state index is 12.0. The van der Waals surface area contributed by atoms with Gasteiger partial charge in [-0.25, -0.2) is 0 Å². The number of hydrogen-bond donors (Lipinski definition) is 2. The Hall–Kier alpha value is -1.55. The fourth-order valence-electron chi connectivity index (χ4n) is 2.15. The zero-order valence-corrected chi connectivity index (χ0v) is 11.4. The van der Waals surface area contributed by atoms with Crippen LogP contribution in [0.15, 0.2) is 30.3 Å². The number of rotatable bonds is 7. The van der Waals surface area contributed by atoms with Gasteiger partial charge in [0, 0.05) is 11.7 Å². The lowest BCUT2D eigenvalue weighted by molar-refractivity contribution is -0.120. The quantitative estimate of drug-likeness (QED) is 0.784. The van der Waals surface area contributed by atoms with Crippen molar-refractivity contribution in [3.63, 3.8) is 0 Å². The molecule has 2 rings (SSSR count). The van der Waals surface area contributed by atoms with Gasteiger partial charge in [-0.05, 0) is 31.4 Å². The first kappa shape index (κ1) is 13.9. The maximum atomic E-state index is 12.0. The normalized spacial score (nSPS) is 15.9. The van der Waals surface area contributed by atoms with Crippen LogP contribution in [0.3, 0.4) is 0 Å². The summed E-state index contributed by atoms with van der Waals surface area (Å²) in [5.74, 6) is 0.0400. The highest BCUT2D eigenvalue weighted by atomic mass is 16.3. The summed E-state index contributed by atoms with van der Waals surface area (Å²) in [7, 11) is 0. The summed E-state index contributed by atoms with van der Waals surface area (Å²) in [6, 6.07) is 10.2. The van der Waals surface area contributed by atoms with Gasteiger partial charge < -0.3 is 15.3 Å². The largest absolute Gasteiger partial charge is 0.394 e. The van der Waals surface area contributed by atoms with Crippen molar-refractivity contribution in [1.82, 2.24) is 5.32 Å². The Kier molecular flexibility index (Phi) is 4.80. The van der Waals surface area contributed by atoms with Crippen LogP contribution in [0, 0.1) is 0 Å². The Balaban J connectivity index is 2.06. The molecule has 1 atom stereocenters. The second-order valence-electron chi connectivity index (χ2n) is 5.05. The van der Waals surface area contributed by atoms with Gasteiger partial charge >= 0.3 is 0 Å². The lowest BCUT2D eigenvalue weighted by Gasteiger charge is -2.31. The van der Waals surface area contributed by atoms with E-state index in [0.29, 0.717) is 12.6 Å². The van der Waals surface area contributed by atoms with Gasteiger partial charge in [0.25, 0.3) is 0 Å². The monoisotopic (exact) mass is 262 g/mol. The Morgan fingerprint density at radius 2 is 2.11 bits per heavy atom. The standard InChI is InChI=1S/C15H22N2O2/c1-2-13(11-18)17(14-6-4-3-5-7-14)10-15(19)16-12-8-9-12/h3-7,12-13,18H,2,8-11H2,1H3,(H,16,19). The van der Waals surface area contributed by atoms with Gasteiger partial charge in [-0.2, -0.15) is 0 Å². The Morgan fingerprint density at radius 1 is 1.42 bits per heavy atom. The molecule has 0 saturated heterocycles. The third-order valence-corrected chi connectivity index (χ3v) is 3.47. The van der Waals surface area contributed by atoms with E-state index in [1.165, 1.54) is 0 Å². The summed E-state index contributed by atoms with van der Waals surface area (Å²) in [5.41, 5.74) is 0.981. The molecule has 1 aromatic rings. The van der Waals surface area contributed by atoms with Gasteiger partial charge in [0.1, 0.15) is 0 Å². The molecule has 1 fully saturated rings. The molecule has 1 aromatic carbocycles. The van der Waals surface area contributed by atoms with Crippen LogP contribution in [0.5, 0.6) is 0 Å². The number of aliphatic hydroxyl groups excluding tert-OH is 1. The highest BCUT2D eigenvalue weighted by Gasteiger charge is 2.25. The average Bonchev–Trinajstić information content (AvgIpc) is 3.24. The molecule has 1 saturated carbocycles. The van der Waals surface area contributed by atoms with E-state index in [9.17, 15) is 9.90 Å². The number of anilines is 1. The van der Waals surface area contributed by atoms with Crippen LogP contribution < -0.4 is 10.2 Å². The topological polar surface area (TPSA) is 52.6 Å². The van der Waals surface area contributed by atoms with Crippen molar-refractivity contribution in [2.45, 2.75) is 38.3 Å². The van der Waals surface area contributed by atoms with E-state index < -0.39 is 0 Å². The zero-order chi connectivity index (χ0) is 13.7. The first-order valence-electron chi connectivity index (χ1n) is 6.96. The highest BCUT2D eigenvalue weighted by molar-refractivity contribution is 5.82. The number of benzene rings is 1. The van der Waals surface area contributed by atoms with Gasteiger partial charge in [0.15, 0.2) is 0 Å². The van der Waals surface area contributed by atoms with Crippen molar-refractivity contribution in [3.8, 4) is 0 Å². The molecule has 4 nitrogen and oxygen atoms in total. The van der Waals surface area contributed by atoms with E-state index >= 15 is 0 Å². The van der Waals surface area contributed by atoms with Crippen molar-refractivity contribution in [2.75, 3.05) is 18.1 Å². The SMILES string of the molecule is CCC(CO)N(CC(=O)NC1CC1)c1ccccc1. The number of carbonyl (C=O) groups is 1. The molecule has 0 bridgehead atoms. The first-order valence-corrected chi connectivity index (χ1v) is 6.96. The molecule has 2 N–H and O–H groups in total. The van der Waals surface area contributed by atoms with E-state index in [1.807, 2.05) is 42.2 Å². The van der Waals surface area contributed by atoms with Crippen molar-refractivity contribution < 1.29 is 9.90 Å². The lowest BCUT2D eigenvalue weighted by Crippen LogP contribution is -2.45. The number of aliphatic hydroxyl groups is 1. The predicted molar refractivity (Wildman–Crippen MR) is 76.1 cm³/mol. The summed E-state index contributed by atoms with van der Waals surface area (Å²) < 4.78 is 0. The molecule has 1 aliphatic carbocycles. The number of amides is 1. The van der Waals surface area contributed by atoms with Crippen LogP contribution in [0.4, 0.5) is 5.69 Å². The summed E-state index contributed by atoms with van der Waals surface area (Å²) in [6.45, 7) is 2.39. The molecule has 0 aliphatic heterocycles. The number of carbonyl (C=O) groups excluding carboxylic acids is 1. The van der Waals surface area contributed by atoms with Crippen LogP contribution in [0.25, 0.3) is 0 Å². The molecule has 19 heavy (non-hydrogen) atoms. The minimum Gasteiger partial charge on any atom is -0.394 e. The van der Waals surface area contributed by atoms with Crippen molar-refractivity contribution in [3.05, 3.63) is 30.3 Å². The fraction of sp³-hybridized carbons (Fsp3) is 0.533. The fourth-order valence-corrected chi connectivity index (χ4v) is 2.15. The Bertz CT molecular complexity index is 400. The summed E-state index contributed by atoms with van der Waals surface area (Å²) in [5, 5.41) is 12.5. The molecule has 0 spiro atoms. The number of hydrogen-bond acceptors (Lipinski definition) is 3. The van der Waals surface area contributed by atoms with Crippen molar-refractivity contribution >= 4 is 11.6 Å². The van der Waals surface area contributed by atoms with Crippen LogP contribution in [0.1, 0.15) is 26.2 Å². The van der Waals surface area contributed by atoms with E-state index in [1.54, 1.807) is 0 Å². The molecule has 0 heterocycles. The number of para-hydroxylation sites is 1. The molecular formula is C15H22N2O2. The Labute approximate surface area is 114 Å². The summed E-state index contributed by atoms with van der Waals surface area (Å²) in [6.07, 6.45) is 2.99. The third kappa shape index (κ3) is 3.96. The third-order valence-electron chi connectivity index (χ3n) is 3.47. The van der Waals surface area contributed by atoms with Crippen molar-refractivity contribution in [1.29, 1.82) is 0 Å². The average molecular weight is 262 g/mol. The highest BCUT2D eigenvalue weighted by Crippen LogP contribution is 2.20. The molecule has 104 valence electrons. The van der Waals surface area contributed by atoms with Gasteiger partial charge in [-0.15, -0.1) is 0 Å². The zero-order valence-electron chi connectivity index (χ0n) is 11.4. The molecule has 0 radical (unpaired) electrons. The summed E-state index contributed by atoms with van der Waals surface area (Å²) >= 11 is 0. The van der Waals surface area contributed by atoms with Crippen LogP contribution >= 0.6 is 0 Å². The molecule has 4 heteroatoms. The molecule has 0 aromatic heterocycles. The van der Waals surface area contributed by atoms with E-state index in [0.717, 1.165) is 24.9 Å². The summed E-state index contributed by atoms with van der Waals surface area (Å²) in [4.78, 5) is 14.0. The first-order chi connectivity index (χ1) is 9.24. The van der Waals surface area contributed by atoms with Crippen LogP contribution in [0.2, 0.25) is 0 Å². The van der Waals surface area contributed by atoms with E-state index in [-0.39, 0.29) is 18.6 Å². The minimum absolute atomic E-state index is 0.0210. The van der Waals surface area contributed by atoms with Crippen LogP contribution in [-0.2, 0) is 4.79 Å².